The van der Waals surface area contributed by atoms with Crippen molar-refractivity contribution in [3.05, 3.63) is 34.3 Å². The maximum atomic E-state index is 12.4. The molecule has 1 atom stereocenters. The van der Waals surface area contributed by atoms with Gasteiger partial charge in [0.25, 0.3) is 0 Å². The van der Waals surface area contributed by atoms with Gasteiger partial charge in [0.2, 0.25) is 0 Å². The highest BCUT2D eigenvalue weighted by Gasteiger charge is 2.24. The van der Waals surface area contributed by atoms with Crippen molar-refractivity contribution in [2.24, 2.45) is 13.0 Å². The molecule has 7 heteroatoms. The fourth-order valence-electron chi connectivity index (χ4n) is 3.20. The van der Waals surface area contributed by atoms with Crippen molar-refractivity contribution in [1.29, 1.82) is 0 Å². The van der Waals surface area contributed by atoms with E-state index in [4.69, 9.17) is 0 Å². The van der Waals surface area contributed by atoms with Gasteiger partial charge in [-0.25, -0.2) is 14.8 Å². The molecule has 2 amide bonds. The summed E-state index contributed by atoms with van der Waals surface area (Å²) in [6, 6.07) is 0.0477. The van der Waals surface area contributed by atoms with E-state index in [1.54, 1.807) is 11.3 Å². The minimum atomic E-state index is 0.0477. The zero-order valence-electron chi connectivity index (χ0n) is 14.4. The molecule has 1 aliphatic rings. The van der Waals surface area contributed by atoms with Crippen LogP contribution in [0.4, 0.5) is 4.79 Å². The van der Waals surface area contributed by atoms with Crippen LogP contribution in [0.1, 0.15) is 29.4 Å². The molecule has 0 spiro atoms. The van der Waals surface area contributed by atoms with Crippen LogP contribution in [-0.4, -0.2) is 45.1 Å². The largest absolute Gasteiger partial charge is 0.338 e. The quantitative estimate of drug-likeness (QED) is 0.903. The minimum absolute atomic E-state index is 0.0477. The number of likely N-dealkylation sites (tertiary alicyclic amines) is 1. The number of hydrogen-bond acceptors (Lipinski definition) is 4. The Bertz CT molecular complexity index is 680. The van der Waals surface area contributed by atoms with Gasteiger partial charge in [-0.05, 0) is 25.7 Å². The molecule has 3 rings (SSSR count). The number of imidazole rings is 1. The lowest BCUT2D eigenvalue weighted by Crippen LogP contribution is -2.46. The summed E-state index contributed by atoms with van der Waals surface area (Å²) in [7, 11) is 2.02. The average Bonchev–Trinajstić information content (AvgIpc) is 3.16. The summed E-state index contributed by atoms with van der Waals surface area (Å²) in [6.45, 7) is 4.30. The number of rotatable bonds is 5. The molecule has 24 heavy (non-hydrogen) atoms. The van der Waals surface area contributed by atoms with Crippen molar-refractivity contribution < 1.29 is 4.79 Å². The summed E-state index contributed by atoms with van der Waals surface area (Å²) in [5.41, 5.74) is 1.06. The number of piperidine rings is 1. The third kappa shape index (κ3) is 4.35. The predicted molar refractivity (Wildman–Crippen MR) is 95.2 cm³/mol. The normalized spacial score (nSPS) is 17.9. The molecule has 0 saturated carbocycles. The van der Waals surface area contributed by atoms with E-state index in [2.05, 4.69) is 25.2 Å². The van der Waals surface area contributed by atoms with Gasteiger partial charge < -0.3 is 14.8 Å². The summed E-state index contributed by atoms with van der Waals surface area (Å²) in [6.07, 6.45) is 7.76. The number of carbonyl (C=O) groups is 1. The van der Waals surface area contributed by atoms with Gasteiger partial charge in [0, 0.05) is 57.3 Å². The van der Waals surface area contributed by atoms with Crippen LogP contribution in [0, 0.1) is 12.8 Å². The SMILES string of the molecule is Cc1nc(CCNC(=O)N2CCCC(Cc3nccn3C)C2)cs1. The van der Waals surface area contributed by atoms with Crippen LogP contribution in [0.2, 0.25) is 0 Å². The number of carbonyl (C=O) groups excluding carboxylic acids is 1. The first kappa shape index (κ1) is 17.0. The second-order valence-electron chi connectivity index (χ2n) is 6.45. The van der Waals surface area contributed by atoms with Crippen LogP contribution in [0.25, 0.3) is 0 Å². The van der Waals surface area contributed by atoms with Gasteiger partial charge in [-0.1, -0.05) is 0 Å². The zero-order valence-corrected chi connectivity index (χ0v) is 15.2. The fraction of sp³-hybridized carbons (Fsp3) is 0.588. The molecule has 6 nitrogen and oxygen atoms in total. The standard InChI is InChI=1S/C17H25N5OS/c1-13-20-15(12-24-13)5-6-19-17(23)22-8-3-4-14(11-22)10-16-18-7-9-21(16)2/h7,9,12,14H,3-6,8,10-11H2,1-2H3,(H,19,23). The molecule has 1 unspecified atom stereocenters. The van der Waals surface area contributed by atoms with Crippen LogP contribution in [0.5, 0.6) is 0 Å². The number of nitrogens with one attached hydrogen (secondary N) is 1. The molecule has 0 aromatic carbocycles. The summed E-state index contributed by atoms with van der Waals surface area (Å²) in [5.74, 6) is 1.59. The summed E-state index contributed by atoms with van der Waals surface area (Å²) < 4.78 is 2.06. The Labute approximate surface area is 146 Å². The molecule has 130 valence electrons. The third-order valence-electron chi connectivity index (χ3n) is 4.52. The maximum Gasteiger partial charge on any atom is 0.317 e. The van der Waals surface area contributed by atoms with Crippen molar-refractivity contribution in [3.8, 4) is 0 Å². The summed E-state index contributed by atoms with van der Waals surface area (Å²) in [4.78, 5) is 23.2. The molecule has 1 fully saturated rings. The Morgan fingerprint density at radius 1 is 1.50 bits per heavy atom. The lowest BCUT2D eigenvalue weighted by molar-refractivity contribution is 0.164. The van der Waals surface area contributed by atoms with Crippen LogP contribution < -0.4 is 5.32 Å². The van der Waals surface area contributed by atoms with Crippen molar-refractivity contribution in [1.82, 2.24) is 24.8 Å². The van der Waals surface area contributed by atoms with E-state index in [-0.39, 0.29) is 6.03 Å². The van der Waals surface area contributed by atoms with Gasteiger partial charge in [-0.15, -0.1) is 11.3 Å². The van der Waals surface area contributed by atoms with Gasteiger partial charge in [0.05, 0.1) is 10.7 Å². The lowest BCUT2D eigenvalue weighted by atomic mass is 9.94. The van der Waals surface area contributed by atoms with Gasteiger partial charge in [0.15, 0.2) is 0 Å². The minimum Gasteiger partial charge on any atom is -0.338 e. The van der Waals surface area contributed by atoms with Gasteiger partial charge in [-0.3, -0.25) is 0 Å². The van der Waals surface area contributed by atoms with E-state index in [9.17, 15) is 4.79 Å². The number of aromatic nitrogens is 3. The Morgan fingerprint density at radius 3 is 3.08 bits per heavy atom. The number of hydrogen-bond donors (Lipinski definition) is 1. The first-order valence-electron chi connectivity index (χ1n) is 8.52. The summed E-state index contributed by atoms with van der Waals surface area (Å²) >= 11 is 1.65. The van der Waals surface area contributed by atoms with E-state index >= 15 is 0 Å². The molecule has 1 saturated heterocycles. The predicted octanol–water partition coefficient (Wildman–Crippen LogP) is 2.39. The molecule has 0 bridgehead atoms. The second kappa shape index (κ2) is 7.79. The number of nitrogens with zero attached hydrogens (tertiary/aromatic N) is 4. The van der Waals surface area contributed by atoms with Crippen molar-refractivity contribution >= 4 is 17.4 Å². The molecule has 2 aromatic heterocycles. The maximum absolute atomic E-state index is 12.4. The van der Waals surface area contributed by atoms with Crippen molar-refractivity contribution in [3.63, 3.8) is 0 Å². The van der Waals surface area contributed by atoms with Crippen molar-refractivity contribution in [2.75, 3.05) is 19.6 Å². The highest BCUT2D eigenvalue weighted by molar-refractivity contribution is 7.09. The Morgan fingerprint density at radius 2 is 2.38 bits per heavy atom. The second-order valence-corrected chi connectivity index (χ2v) is 7.51. The number of aryl methyl sites for hydroxylation is 2. The van der Waals surface area contributed by atoms with Gasteiger partial charge in [0.1, 0.15) is 5.82 Å². The third-order valence-corrected chi connectivity index (χ3v) is 5.34. The topological polar surface area (TPSA) is 63.1 Å². The zero-order chi connectivity index (χ0) is 16.9. The molecule has 2 aromatic rings. The smallest absolute Gasteiger partial charge is 0.317 e. The van der Waals surface area contributed by atoms with E-state index < -0.39 is 0 Å². The van der Waals surface area contributed by atoms with E-state index in [1.807, 2.05) is 31.3 Å². The number of urea groups is 1. The first-order chi connectivity index (χ1) is 11.6. The molecular weight excluding hydrogens is 322 g/mol. The number of amides is 2. The average molecular weight is 347 g/mol. The molecule has 3 heterocycles. The highest BCUT2D eigenvalue weighted by atomic mass is 32.1. The van der Waals surface area contributed by atoms with E-state index in [0.29, 0.717) is 12.5 Å². The van der Waals surface area contributed by atoms with Crippen LogP contribution >= 0.6 is 11.3 Å². The Hall–Kier alpha value is -1.89. The Kier molecular flexibility index (Phi) is 5.50. The highest BCUT2D eigenvalue weighted by Crippen LogP contribution is 2.20. The first-order valence-corrected chi connectivity index (χ1v) is 9.40. The van der Waals surface area contributed by atoms with Gasteiger partial charge in [-0.2, -0.15) is 0 Å². The number of thiazole rings is 1. The van der Waals surface area contributed by atoms with Crippen LogP contribution in [0.3, 0.4) is 0 Å². The Balaban J connectivity index is 1.45. The van der Waals surface area contributed by atoms with Crippen molar-refractivity contribution in [2.45, 2.75) is 32.6 Å². The molecule has 0 aliphatic carbocycles. The fourth-order valence-corrected chi connectivity index (χ4v) is 3.85. The van der Waals surface area contributed by atoms with E-state index in [0.717, 1.165) is 55.3 Å². The molecule has 1 N–H and O–H groups in total. The molecule has 0 radical (unpaired) electrons. The van der Waals surface area contributed by atoms with Crippen LogP contribution in [0.15, 0.2) is 17.8 Å². The van der Waals surface area contributed by atoms with Gasteiger partial charge >= 0.3 is 6.03 Å². The van der Waals surface area contributed by atoms with E-state index in [1.165, 1.54) is 0 Å². The van der Waals surface area contributed by atoms with Crippen LogP contribution in [-0.2, 0) is 19.9 Å². The molecule has 1 aliphatic heterocycles. The monoisotopic (exact) mass is 347 g/mol. The lowest BCUT2D eigenvalue weighted by Gasteiger charge is -2.32. The molecular formula is C17H25N5OS. The summed E-state index contributed by atoms with van der Waals surface area (Å²) in [5, 5.41) is 6.17.